The largest absolute Gasteiger partial charge is 0.494 e. The predicted octanol–water partition coefficient (Wildman–Crippen LogP) is 3.88. The molecule has 3 rings (SSSR count). The summed E-state index contributed by atoms with van der Waals surface area (Å²) in [5.74, 6) is -1.57. The Hall–Kier alpha value is -3.59. The highest BCUT2D eigenvalue weighted by Crippen LogP contribution is 2.29. The average Bonchev–Trinajstić information content (AvgIpc) is 3.02. The molecule has 3 amide bonds. The van der Waals surface area contributed by atoms with Crippen molar-refractivity contribution in [1.29, 1.82) is 0 Å². The number of carbonyl (C=O) groups excluding carboxylic acids is 3. The van der Waals surface area contributed by atoms with Crippen LogP contribution in [0.4, 0.5) is 11.4 Å². The van der Waals surface area contributed by atoms with Gasteiger partial charge in [-0.05, 0) is 43.7 Å². The van der Waals surface area contributed by atoms with E-state index in [4.69, 9.17) is 16.3 Å². The van der Waals surface area contributed by atoms with Gasteiger partial charge in [-0.15, -0.1) is 0 Å². The molecule has 0 aliphatic carbocycles. The number of rotatable bonds is 6. The van der Waals surface area contributed by atoms with Gasteiger partial charge < -0.3 is 10.1 Å². The van der Waals surface area contributed by atoms with E-state index in [1.165, 1.54) is 7.11 Å². The number of imide groups is 1. The van der Waals surface area contributed by atoms with Crippen LogP contribution in [0.2, 0.25) is 5.02 Å². The van der Waals surface area contributed by atoms with Crippen LogP contribution >= 0.6 is 11.6 Å². The molecule has 0 spiro atoms. The lowest BCUT2D eigenvalue weighted by Crippen LogP contribution is -2.36. The highest BCUT2D eigenvalue weighted by molar-refractivity contribution is 6.33. The number of hydrogen-bond acceptors (Lipinski definition) is 7. The summed E-state index contributed by atoms with van der Waals surface area (Å²) in [6.45, 7) is 3.45. The van der Waals surface area contributed by atoms with Gasteiger partial charge in [-0.25, -0.2) is 0 Å². The molecule has 0 radical (unpaired) electrons. The van der Waals surface area contributed by atoms with Crippen LogP contribution in [0.3, 0.4) is 0 Å². The van der Waals surface area contributed by atoms with Gasteiger partial charge in [0.2, 0.25) is 5.91 Å². The minimum atomic E-state index is -1.05. The van der Waals surface area contributed by atoms with Gasteiger partial charge in [-0.3, -0.25) is 14.4 Å². The van der Waals surface area contributed by atoms with Gasteiger partial charge in [0.15, 0.2) is 6.04 Å². The van der Waals surface area contributed by atoms with Gasteiger partial charge >= 0.3 is 0 Å². The Morgan fingerprint density at radius 3 is 2.68 bits per heavy atom. The first-order chi connectivity index (χ1) is 14.8. The zero-order valence-corrected chi connectivity index (χ0v) is 17.9. The van der Waals surface area contributed by atoms with Crippen molar-refractivity contribution in [2.24, 2.45) is 15.3 Å². The average molecular weight is 442 g/mol. The summed E-state index contributed by atoms with van der Waals surface area (Å²) >= 11 is 5.99. The van der Waals surface area contributed by atoms with E-state index in [1.807, 2.05) is 13.0 Å². The summed E-state index contributed by atoms with van der Waals surface area (Å²) in [7, 11) is 1.51. The first-order valence-corrected chi connectivity index (χ1v) is 9.69. The van der Waals surface area contributed by atoms with E-state index in [9.17, 15) is 14.4 Å². The second kappa shape index (κ2) is 9.48. The minimum absolute atomic E-state index is 0.292. The number of aryl methyl sites for hydroxylation is 1. The molecule has 1 unspecified atom stereocenters. The number of halogens is 1. The number of methoxy groups -OCH3 is 1. The molecule has 0 fully saturated rings. The third kappa shape index (κ3) is 5.13. The molecular weight excluding hydrogens is 422 g/mol. The van der Waals surface area contributed by atoms with E-state index in [2.05, 4.69) is 20.6 Å². The van der Waals surface area contributed by atoms with Crippen molar-refractivity contribution in [3.05, 3.63) is 53.1 Å². The summed E-state index contributed by atoms with van der Waals surface area (Å²) in [5.41, 5.74) is 2.06. The zero-order chi connectivity index (χ0) is 22.5. The normalized spacial score (nSPS) is 15.9. The SMILES string of the molecule is COc1ccc(C)cc1N=NC1C(=O)N(C(=O)CC(=O)Nc2ccccc2Cl)N=C1C. The van der Waals surface area contributed by atoms with Crippen molar-refractivity contribution in [3.8, 4) is 5.75 Å². The first kappa shape index (κ1) is 22.1. The number of azo groups is 1. The lowest BCUT2D eigenvalue weighted by Gasteiger charge is -2.11. The number of nitrogens with zero attached hydrogens (tertiary/aromatic N) is 4. The molecule has 0 saturated heterocycles. The maximum atomic E-state index is 12.6. The van der Waals surface area contributed by atoms with Gasteiger partial charge in [-0.2, -0.15) is 20.3 Å². The fourth-order valence-electron chi connectivity index (χ4n) is 2.84. The molecule has 1 heterocycles. The lowest BCUT2D eigenvalue weighted by atomic mass is 10.2. The number of hydrazone groups is 1. The fraction of sp³-hybridized carbons (Fsp3) is 0.238. The number of ether oxygens (including phenoxy) is 1. The van der Waals surface area contributed by atoms with Gasteiger partial charge in [0.1, 0.15) is 17.9 Å². The Balaban J connectivity index is 1.67. The molecule has 9 nitrogen and oxygen atoms in total. The summed E-state index contributed by atoms with van der Waals surface area (Å²) in [6, 6.07) is 10.9. The minimum Gasteiger partial charge on any atom is -0.494 e. The molecule has 1 N–H and O–H groups in total. The maximum absolute atomic E-state index is 12.6. The molecule has 10 heteroatoms. The Labute approximate surface area is 183 Å². The van der Waals surface area contributed by atoms with Crippen LogP contribution in [0.15, 0.2) is 57.8 Å². The maximum Gasteiger partial charge on any atom is 0.282 e. The van der Waals surface area contributed by atoms with E-state index in [-0.39, 0.29) is 0 Å². The van der Waals surface area contributed by atoms with Crippen molar-refractivity contribution in [2.75, 3.05) is 12.4 Å². The van der Waals surface area contributed by atoms with Crippen LogP contribution in [-0.4, -0.2) is 41.6 Å². The molecule has 0 aromatic heterocycles. The van der Waals surface area contributed by atoms with Crippen LogP contribution in [0.5, 0.6) is 5.75 Å². The zero-order valence-electron chi connectivity index (χ0n) is 17.1. The van der Waals surface area contributed by atoms with Crippen molar-refractivity contribution in [3.63, 3.8) is 0 Å². The highest BCUT2D eigenvalue weighted by atomic mass is 35.5. The number of benzene rings is 2. The van der Waals surface area contributed by atoms with Crippen LogP contribution in [0.25, 0.3) is 0 Å². The Bertz CT molecular complexity index is 1100. The van der Waals surface area contributed by atoms with E-state index < -0.39 is 30.2 Å². The molecule has 0 saturated carbocycles. The van der Waals surface area contributed by atoms with Crippen LogP contribution in [-0.2, 0) is 14.4 Å². The first-order valence-electron chi connectivity index (χ1n) is 9.32. The molecule has 1 aliphatic heterocycles. The van der Waals surface area contributed by atoms with E-state index in [0.717, 1.165) is 5.56 Å². The van der Waals surface area contributed by atoms with Crippen molar-refractivity contribution >= 4 is 46.4 Å². The van der Waals surface area contributed by atoms with Crippen molar-refractivity contribution in [2.45, 2.75) is 26.3 Å². The second-order valence-electron chi connectivity index (χ2n) is 6.78. The van der Waals surface area contributed by atoms with E-state index in [1.54, 1.807) is 43.3 Å². The number of hydrogen-bond donors (Lipinski definition) is 1. The molecule has 2 aromatic carbocycles. The smallest absolute Gasteiger partial charge is 0.282 e. The number of anilines is 1. The summed E-state index contributed by atoms with van der Waals surface area (Å²) in [4.78, 5) is 37.3. The third-order valence-electron chi connectivity index (χ3n) is 4.41. The Kier molecular flexibility index (Phi) is 6.76. The fourth-order valence-corrected chi connectivity index (χ4v) is 3.02. The Morgan fingerprint density at radius 1 is 1.23 bits per heavy atom. The van der Waals surface area contributed by atoms with Crippen molar-refractivity contribution in [1.82, 2.24) is 5.01 Å². The quantitative estimate of drug-likeness (QED) is 0.541. The van der Waals surface area contributed by atoms with E-state index in [0.29, 0.717) is 32.9 Å². The van der Waals surface area contributed by atoms with Crippen LogP contribution < -0.4 is 10.1 Å². The van der Waals surface area contributed by atoms with E-state index >= 15 is 0 Å². The molecule has 0 bridgehead atoms. The molecule has 1 atom stereocenters. The summed E-state index contributed by atoms with van der Waals surface area (Å²) in [5, 5.41) is 15.6. The third-order valence-corrected chi connectivity index (χ3v) is 4.74. The highest BCUT2D eigenvalue weighted by Gasteiger charge is 2.38. The number of amides is 3. The number of carbonyl (C=O) groups is 3. The van der Waals surface area contributed by atoms with Gasteiger partial charge in [0.25, 0.3) is 11.8 Å². The molecular formula is C21H20ClN5O4. The monoisotopic (exact) mass is 441 g/mol. The molecule has 31 heavy (non-hydrogen) atoms. The molecule has 1 aliphatic rings. The predicted molar refractivity (Wildman–Crippen MR) is 116 cm³/mol. The second-order valence-corrected chi connectivity index (χ2v) is 7.19. The molecule has 2 aromatic rings. The summed E-state index contributed by atoms with van der Waals surface area (Å²) < 4.78 is 5.24. The topological polar surface area (TPSA) is 113 Å². The Morgan fingerprint density at radius 2 is 1.97 bits per heavy atom. The van der Waals surface area contributed by atoms with Crippen LogP contribution in [0.1, 0.15) is 18.9 Å². The van der Waals surface area contributed by atoms with Crippen LogP contribution in [0, 0.1) is 6.92 Å². The summed E-state index contributed by atoms with van der Waals surface area (Å²) in [6.07, 6.45) is -0.580. The molecule has 160 valence electrons. The van der Waals surface area contributed by atoms with Gasteiger partial charge in [0.05, 0.1) is 23.5 Å². The lowest BCUT2D eigenvalue weighted by molar-refractivity contribution is -0.144. The number of para-hydroxylation sites is 1. The standard InChI is InChI=1S/C21H20ClN5O4/c1-12-8-9-17(31-3)16(10-12)24-25-20-13(2)26-27(21(20)30)19(29)11-18(28)23-15-7-5-4-6-14(15)22/h4-10,20H,11H2,1-3H3,(H,23,28). The van der Waals surface area contributed by atoms with Gasteiger partial charge in [0, 0.05) is 0 Å². The van der Waals surface area contributed by atoms with Crippen molar-refractivity contribution < 1.29 is 19.1 Å². The van der Waals surface area contributed by atoms with Gasteiger partial charge in [-0.1, -0.05) is 29.8 Å². The number of nitrogens with one attached hydrogen (secondary N) is 1.